The number of phenolic OH excluding ortho intramolecular Hbond substituents is 2. The van der Waals surface area contributed by atoms with Crippen molar-refractivity contribution in [3.05, 3.63) is 23.8 Å². The number of phenols is 2. The van der Waals surface area contributed by atoms with Gasteiger partial charge in [-0.3, -0.25) is 19.2 Å². The molecule has 0 aliphatic heterocycles. The maximum Gasteiger partial charge on any atom is 0.318 e. The van der Waals surface area contributed by atoms with Gasteiger partial charge in [0, 0.05) is 12.0 Å². The third kappa shape index (κ3) is 3.85. The Morgan fingerprint density at radius 3 is 1.70 bits per heavy atom. The Labute approximate surface area is 131 Å². The summed E-state index contributed by atoms with van der Waals surface area (Å²) in [5.41, 5.74) is -0.215. The Bertz CT molecular complexity index is 603. The Kier molecular flexibility index (Phi) is 5.45. The Morgan fingerprint density at radius 2 is 1.35 bits per heavy atom. The quantitative estimate of drug-likeness (QED) is 0.537. The van der Waals surface area contributed by atoms with Crippen LogP contribution in [-0.4, -0.2) is 43.9 Å². The average Bonchev–Trinajstić information content (AvgIpc) is 2.36. The van der Waals surface area contributed by atoms with Crippen LogP contribution in [0.25, 0.3) is 0 Å². The van der Waals surface area contributed by atoms with Gasteiger partial charge in [0.1, 0.15) is 23.1 Å². The number of hydrogen-bond acceptors (Lipinski definition) is 6. The SMILES string of the molecule is CC(=O)C(C(C)=O)C(c1ccc(O)cc1O)C(C(=O)O)C(=O)O. The normalized spacial score (nSPS) is 12.2. The maximum atomic E-state index is 11.8. The summed E-state index contributed by atoms with van der Waals surface area (Å²) in [5, 5.41) is 37.6. The summed E-state index contributed by atoms with van der Waals surface area (Å²) in [4.78, 5) is 46.3. The Hall–Kier alpha value is -2.90. The van der Waals surface area contributed by atoms with Crippen LogP contribution in [0, 0.1) is 11.8 Å². The van der Waals surface area contributed by atoms with Crippen molar-refractivity contribution in [1.29, 1.82) is 0 Å². The van der Waals surface area contributed by atoms with Gasteiger partial charge in [-0.2, -0.15) is 0 Å². The molecule has 1 rings (SSSR count). The van der Waals surface area contributed by atoms with E-state index in [0.717, 1.165) is 32.0 Å². The summed E-state index contributed by atoms with van der Waals surface area (Å²) in [6.45, 7) is 2.08. The number of ketones is 2. The number of aromatic hydroxyl groups is 2. The van der Waals surface area contributed by atoms with Gasteiger partial charge in [-0.25, -0.2) is 0 Å². The molecule has 23 heavy (non-hydrogen) atoms. The van der Waals surface area contributed by atoms with E-state index in [0.29, 0.717) is 0 Å². The molecule has 0 saturated carbocycles. The smallest absolute Gasteiger partial charge is 0.318 e. The van der Waals surface area contributed by atoms with Crippen molar-refractivity contribution in [2.45, 2.75) is 19.8 Å². The third-order valence-corrected chi connectivity index (χ3v) is 3.50. The molecule has 0 aromatic heterocycles. The zero-order valence-corrected chi connectivity index (χ0v) is 12.4. The number of benzene rings is 1. The van der Waals surface area contributed by atoms with E-state index in [9.17, 15) is 39.6 Å². The summed E-state index contributed by atoms with van der Waals surface area (Å²) in [7, 11) is 0. The van der Waals surface area contributed by atoms with Gasteiger partial charge >= 0.3 is 11.9 Å². The van der Waals surface area contributed by atoms with Crippen LogP contribution in [0.3, 0.4) is 0 Å². The molecule has 8 nitrogen and oxygen atoms in total. The lowest BCUT2D eigenvalue weighted by molar-refractivity contribution is -0.156. The van der Waals surface area contributed by atoms with E-state index in [1.165, 1.54) is 0 Å². The standard InChI is InChI=1S/C15H16O8/c1-6(16)11(7(2)17)12(13(14(20)21)15(22)23)9-4-3-8(18)5-10(9)19/h3-5,11-13,18-19H,1-2H3,(H,20,21)(H,22,23). The molecular formula is C15H16O8. The summed E-state index contributed by atoms with van der Waals surface area (Å²) in [6.07, 6.45) is 0. The number of carboxylic acid groups (broad SMARTS) is 2. The van der Waals surface area contributed by atoms with E-state index in [1.54, 1.807) is 0 Å². The first kappa shape index (κ1) is 18.1. The fourth-order valence-corrected chi connectivity index (χ4v) is 2.57. The van der Waals surface area contributed by atoms with Crippen LogP contribution in [0.4, 0.5) is 0 Å². The molecule has 124 valence electrons. The number of aliphatic carboxylic acids is 2. The molecule has 1 atom stereocenters. The van der Waals surface area contributed by atoms with Crippen LogP contribution < -0.4 is 0 Å². The molecule has 1 unspecified atom stereocenters. The first-order valence-corrected chi connectivity index (χ1v) is 6.56. The molecule has 0 bridgehead atoms. The monoisotopic (exact) mass is 324 g/mol. The van der Waals surface area contributed by atoms with Crippen LogP contribution in [0.5, 0.6) is 11.5 Å². The second-order valence-electron chi connectivity index (χ2n) is 5.12. The molecule has 0 fully saturated rings. The Morgan fingerprint density at radius 1 is 0.870 bits per heavy atom. The van der Waals surface area contributed by atoms with Crippen LogP contribution in [-0.2, 0) is 19.2 Å². The minimum Gasteiger partial charge on any atom is -0.508 e. The van der Waals surface area contributed by atoms with Crippen molar-refractivity contribution >= 4 is 23.5 Å². The highest BCUT2D eigenvalue weighted by Crippen LogP contribution is 2.40. The van der Waals surface area contributed by atoms with Crippen molar-refractivity contribution in [1.82, 2.24) is 0 Å². The third-order valence-electron chi connectivity index (χ3n) is 3.50. The predicted molar refractivity (Wildman–Crippen MR) is 76.1 cm³/mol. The molecule has 8 heteroatoms. The van der Waals surface area contributed by atoms with Crippen LogP contribution >= 0.6 is 0 Å². The number of hydrogen-bond donors (Lipinski definition) is 4. The highest BCUT2D eigenvalue weighted by Gasteiger charge is 2.45. The van der Waals surface area contributed by atoms with E-state index in [1.807, 2.05) is 0 Å². The van der Waals surface area contributed by atoms with Crippen molar-refractivity contribution in [3.8, 4) is 11.5 Å². The van der Waals surface area contributed by atoms with E-state index in [4.69, 9.17) is 0 Å². The molecule has 0 radical (unpaired) electrons. The number of rotatable bonds is 7. The van der Waals surface area contributed by atoms with E-state index in [-0.39, 0.29) is 11.3 Å². The fourth-order valence-electron chi connectivity index (χ4n) is 2.57. The minimum atomic E-state index is -2.12. The lowest BCUT2D eigenvalue weighted by Crippen LogP contribution is -2.39. The van der Waals surface area contributed by atoms with Crippen molar-refractivity contribution in [2.75, 3.05) is 0 Å². The lowest BCUT2D eigenvalue weighted by Gasteiger charge is -2.27. The fraction of sp³-hybridized carbons (Fsp3) is 0.333. The van der Waals surface area contributed by atoms with E-state index >= 15 is 0 Å². The zero-order chi connectivity index (χ0) is 17.9. The molecule has 1 aromatic carbocycles. The molecule has 0 heterocycles. The molecule has 0 saturated heterocycles. The van der Waals surface area contributed by atoms with Gasteiger partial charge in [-0.15, -0.1) is 0 Å². The van der Waals surface area contributed by atoms with Gasteiger partial charge in [0.25, 0.3) is 0 Å². The summed E-state index contributed by atoms with van der Waals surface area (Å²) < 4.78 is 0. The van der Waals surface area contributed by atoms with Crippen molar-refractivity contribution in [2.24, 2.45) is 11.8 Å². The number of carbonyl (C=O) groups excluding carboxylic acids is 2. The lowest BCUT2D eigenvalue weighted by atomic mass is 9.73. The zero-order valence-electron chi connectivity index (χ0n) is 12.4. The summed E-state index contributed by atoms with van der Waals surface area (Å²) in [6, 6.07) is 3.06. The Balaban J connectivity index is 3.65. The number of Topliss-reactive ketones (excluding diaryl/α,β-unsaturated/α-hetero) is 2. The molecule has 4 N–H and O–H groups in total. The first-order chi connectivity index (χ1) is 10.6. The average molecular weight is 324 g/mol. The molecule has 0 amide bonds. The van der Waals surface area contributed by atoms with E-state index < -0.39 is 47.0 Å². The summed E-state index contributed by atoms with van der Waals surface area (Å²) in [5.74, 6) is -11.2. The van der Waals surface area contributed by atoms with Gasteiger partial charge in [0.2, 0.25) is 0 Å². The maximum absolute atomic E-state index is 11.8. The van der Waals surface area contributed by atoms with Crippen LogP contribution in [0.1, 0.15) is 25.3 Å². The highest BCUT2D eigenvalue weighted by atomic mass is 16.4. The number of carbonyl (C=O) groups is 4. The van der Waals surface area contributed by atoms with Crippen LogP contribution in [0.15, 0.2) is 18.2 Å². The van der Waals surface area contributed by atoms with Gasteiger partial charge in [-0.05, 0) is 25.5 Å². The predicted octanol–water partition coefficient (Wildman–Crippen LogP) is 0.761. The molecule has 0 aliphatic carbocycles. The molecular weight excluding hydrogens is 308 g/mol. The van der Waals surface area contributed by atoms with Crippen molar-refractivity contribution in [3.63, 3.8) is 0 Å². The number of carboxylic acids is 2. The second-order valence-corrected chi connectivity index (χ2v) is 5.12. The molecule has 1 aromatic rings. The van der Waals surface area contributed by atoms with Gasteiger partial charge in [0.15, 0.2) is 5.92 Å². The van der Waals surface area contributed by atoms with Gasteiger partial charge < -0.3 is 20.4 Å². The van der Waals surface area contributed by atoms with E-state index in [2.05, 4.69) is 0 Å². The molecule has 0 spiro atoms. The van der Waals surface area contributed by atoms with Gasteiger partial charge in [-0.1, -0.05) is 6.07 Å². The largest absolute Gasteiger partial charge is 0.508 e. The summed E-state index contributed by atoms with van der Waals surface area (Å²) >= 11 is 0. The minimum absolute atomic E-state index is 0.215. The highest BCUT2D eigenvalue weighted by molar-refractivity contribution is 6.04. The second kappa shape index (κ2) is 6.91. The first-order valence-electron chi connectivity index (χ1n) is 6.56. The molecule has 0 aliphatic rings. The van der Waals surface area contributed by atoms with Gasteiger partial charge in [0.05, 0.1) is 5.92 Å². The van der Waals surface area contributed by atoms with Crippen molar-refractivity contribution < 1.29 is 39.6 Å². The topological polar surface area (TPSA) is 149 Å². The van der Waals surface area contributed by atoms with Crippen LogP contribution in [0.2, 0.25) is 0 Å².